The van der Waals surface area contributed by atoms with Crippen LogP contribution in [0.1, 0.15) is 12.5 Å². The Morgan fingerprint density at radius 2 is 2.33 bits per heavy atom. The molecule has 1 aromatic heterocycles. The standard InChI is InChI=1S/C10H11ClFN3/c1-6(4-13)10(14-2)7-3-9(11)15-5-8(7)12/h3-5H,13H2,1-2H3/p+1. The summed E-state index contributed by atoms with van der Waals surface area (Å²) in [6.45, 7) is 1.78. The van der Waals surface area contributed by atoms with Crippen molar-refractivity contribution < 1.29 is 9.38 Å². The van der Waals surface area contributed by atoms with Gasteiger partial charge in [0.05, 0.1) is 11.8 Å². The van der Waals surface area contributed by atoms with E-state index < -0.39 is 5.82 Å². The lowest BCUT2D eigenvalue weighted by atomic mass is 10.1. The number of nitrogens with one attached hydrogen (secondary N) is 1. The number of rotatable bonds is 2. The molecule has 15 heavy (non-hydrogen) atoms. The van der Waals surface area contributed by atoms with Gasteiger partial charge in [-0.1, -0.05) is 11.6 Å². The third-order valence-corrected chi connectivity index (χ3v) is 2.19. The summed E-state index contributed by atoms with van der Waals surface area (Å²) in [5, 5.41) is 0.240. The number of aromatic nitrogens is 1. The van der Waals surface area contributed by atoms with E-state index in [1.807, 2.05) is 0 Å². The zero-order chi connectivity index (χ0) is 11.4. The first-order chi connectivity index (χ1) is 7.10. The van der Waals surface area contributed by atoms with Crippen LogP contribution < -0.4 is 10.7 Å². The Labute approximate surface area is 92.5 Å². The molecule has 0 aliphatic heterocycles. The molecule has 0 bridgehead atoms. The molecule has 80 valence electrons. The van der Waals surface area contributed by atoms with Gasteiger partial charge in [-0.3, -0.25) is 0 Å². The molecule has 1 rings (SSSR count). The lowest BCUT2D eigenvalue weighted by Crippen LogP contribution is -2.68. The third-order valence-electron chi connectivity index (χ3n) is 1.99. The predicted octanol–water partition coefficient (Wildman–Crippen LogP) is 0.236. The normalized spacial score (nSPS) is 13.1. The summed E-state index contributed by atoms with van der Waals surface area (Å²) in [5.41, 5.74) is 7.07. The number of nitrogens with zero attached hydrogens (tertiary/aromatic N) is 1. The molecule has 0 spiro atoms. The van der Waals surface area contributed by atoms with Gasteiger partial charge in [-0.2, -0.15) is 0 Å². The van der Waals surface area contributed by atoms with Crippen molar-refractivity contribution in [2.24, 2.45) is 5.73 Å². The van der Waals surface area contributed by atoms with E-state index >= 15 is 0 Å². The van der Waals surface area contributed by atoms with Crippen molar-refractivity contribution in [3.05, 3.63) is 40.6 Å². The van der Waals surface area contributed by atoms with Gasteiger partial charge in [0.15, 0.2) is 5.82 Å². The highest BCUT2D eigenvalue weighted by Crippen LogP contribution is 2.13. The van der Waals surface area contributed by atoms with Crippen LogP contribution in [-0.2, 0) is 0 Å². The Balaban J connectivity index is 3.31. The van der Waals surface area contributed by atoms with E-state index in [1.165, 1.54) is 12.3 Å². The predicted molar refractivity (Wildman–Crippen MR) is 58.1 cm³/mol. The zero-order valence-corrected chi connectivity index (χ0v) is 9.27. The third kappa shape index (κ3) is 2.53. The molecule has 1 heterocycles. The second-order valence-electron chi connectivity index (χ2n) is 2.96. The molecule has 0 aliphatic carbocycles. The highest BCUT2D eigenvalue weighted by atomic mass is 35.5. The summed E-state index contributed by atoms with van der Waals surface area (Å²) < 4.78 is 13.5. The number of hydrogen-bond donors (Lipinski definition) is 2. The minimum atomic E-state index is -0.440. The maximum Gasteiger partial charge on any atom is 0.212 e. The number of nitrogens with two attached hydrogens (primary N) is 1. The molecule has 0 saturated carbocycles. The molecule has 1 aromatic rings. The van der Waals surface area contributed by atoms with E-state index in [-0.39, 0.29) is 5.15 Å². The topological polar surface area (TPSA) is 52.9 Å². The van der Waals surface area contributed by atoms with Crippen LogP contribution in [0.25, 0.3) is 0 Å². The molecule has 0 unspecified atom stereocenters. The Kier molecular flexibility index (Phi) is 3.80. The molecule has 0 atom stereocenters. The SMILES string of the molecule is C[NH+]=C(C(C)=CN)c1cc(Cl)ncc1F. The van der Waals surface area contributed by atoms with E-state index in [4.69, 9.17) is 17.3 Å². The van der Waals surface area contributed by atoms with Crippen molar-refractivity contribution in [3.63, 3.8) is 0 Å². The molecular weight excluding hydrogens is 217 g/mol. The fourth-order valence-electron chi connectivity index (χ4n) is 1.23. The number of pyridine rings is 1. The second-order valence-corrected chi connectivity index (χ2v) is 3.35. The van der Waals surface area contributed by atoms with Gasteiger partial charge in [0.2, 0.25) is 5.71 Å². The van der Waals surface area contributed by atoms with Gasteiger partial charge < -0.3 is 5.73 Å². The van der Waals surface area contributed by atoms with Crippen molar-refractivity contribution in [2.45, 2.75) is 6.92 Å². The van der Waals surface area contributed by atoms with Crippen molar-refractivity contribution in [2.75, 3.05) is 7.05 Å². The first-order valence-corrected chi connectivity index (χ1v) is 4.73. The maximum absolute atomic E-state index is 13.5. The smallest absolute Gasteiger partial charge is 0.212 e. The largest absolute Gasteiger partial charge is 0.404 e. The summed E-state index contributed by atoms with van der Waals surface area (Å²) in [5.74, 6) is -0.440. The van der Waals surface area contributed by atoms with E-state index in [2.05, 4.69) is 9.98 Å². The van der Waals surface area contributed by atoms with Crippen LogP contribution in [0.15, 0.2) is 24.0 Å². The first-order valence-electron chi connectivity index (χ1n) is 4.35. The van der Waals surface area contributed by atoms with Crippen LogP contribution in [0.5, 0.6) is 0 Å². The van der Waals surface area contributed by atoms with Crippen LogP contribution in [-0.4, -0.2) is 17.7 Å². The summed E-state index contributed by atoms with van der Waals surface area (Å²) >= 11 is 5.70. The molecule has 3 nitrogen and oxygen atoms in total. The van der Waals surface area contributed by atoms with Crippen LogP contribution in [0.2, 0.25) is 5.15 Å². The first kappa shape index (κ1) is 11.7. The van der Waals surface area contributed by atoms with Crippen molar-refractivity contribution >= 4 is 17.3 Å². The molecule has 0 amide bonds. The Morgan fingerprint density at radius 3 is 2.87 bits per heavy atom. The molecule has 0 saturated heterocycles. The fourth-order valence-corrected chi connectivity index (χ4v) is 1.39. The quantitative estimate of drug-likeness (QED) is 0.563. The van der Waals surface area contributed by atoms with Gasteiger partial charge in [0.25, 0.3) is 0 Å². The molecule has 5 heteroatoms. The maximum atomic E-state index is 13.5. The zero-order valence-electron chi connectivity index (χ0n) is 8.51. The molecule has 0 aromatic carbocycles. The summed E-state index contributed by atoms with van der Waals surface area (Å²) in [6.07, 6.45) is 2.48. The lowest BCUT2D eigenvalue weighted by molar-refractivity contribution is -0.418. The molecular formula is C10H12ClFN3+. The van der Waals surface area contributed by atoms with Crippen LogP contribution in [0.3, 0.4) is 0 Å². The number of allylic oxidation sites excluding steroid dienone is 1. The van der Waals surface area contributed by atoms with Gasteiger partial charge in [0.1, 0.15) is 12.2 Å². The van der Waals surface area contributed by atoms with Crippen molar-refractivity contribution in [1.82, 2.24) is 4.98 Å². The summed E-state index contributed by atoms with van der Waals surface area (Å²) in [7, 11) is 1.69. The number of halogens is 2. The van der Waals surface area contributed by atoms with Crippen molar-refractivity contribution in [3.8, 4) is 0 Å². The van der Waals surface area contributed by atoms with Crippen molar-refractivity contribution in [1.29, 1.82) is 0 Å². The highest BCUT2D eigenvalue weighted by molar-refractivity contribution is 6.29. The fraction of sp³-hybridized carbons (Fsp3) is 0.200. The van der Waals surface area contributed by atoms with Gasteiger partial charge in [-0.25, -0.2) is 14.4 Å². The van der Waals surface area contributed by atoms with Gasteiger partial charge >= 0.3 is 0 Å². The van der Waals surface area contributed by atoms with E-state index in [0.717, 1.165) is 11.8 Å². The molecule has 0 fully saturated rings. The van der Waals surface area contributed by atoms with E-state index in [9.17, 15) is 4.39 Å². The minimum Gasteiger partial charge on any atom is -0.404 e. The Hall–Kier alpha value is -1.42. The van der Waals surface area contributed by atoms with Gasteiger partial charge in [0, 0.05) is 11.8 Å². The number of hydrogen-bond acceptors (Lipinski definition) is 2. The van der Waals surface area contributed by atoms with Gasteiger partial charge in [-0.05, 0) is 13.0 Å². The van der Waals surface area contributed by atoms with Crippen LogP contribution >= 0.6 is 11.6 Å². The Morgan fingerprint density at radius 1 is 1.67 bits per heavy atom. The minimum absolute atomic E-state index is 0.240. The Bertz CT molecular complexity index is 427. The van der Waals surface area contributed by atoms with Gasteiger partial charge in [-0.15, -0.1) is 0 Å². The molecule has 0 radical (unpaired) electrons. The summed E-state index contributed by atoms with van der Waals surface area (Å²) in [4.78, 5) is 6.52. The van der Waals surface area contributed by atoms with Crippen LogP contribution in [0, 0.1) is 5.82 Å². The van der Waals surface area contributed by atoms with E-state index in [0.29, 0.717) is 11.3 Å². The van der Waals surface area contributed by atoms with E-state index in [1.54, 1.807) is 14.0 Å². The molecule has 3 N–H and O–H groups in total. The average molecular weight is 229 g/mol. The molecule has 0 aliphatic rings. The second kappa shape index (κ2) is 4.89. The average Bonchev–Trinajstić information content (AvgIpc) is 2.23. The monoisotopic (exact) mass is 228 g/mol. The lowest BCUT2D eigenvalue weighted by Gasteiger charge is -2.02. The highest BCUT2D eigenvalue weighted by Gasteiger charge is 2.16. The summed E-state index contributed by atoms with van der Waals surface area (Å²) in [6, 6.07) is 1.45. The van der Waals surface area contributed by atoms with Crippen LogP contribution in [0.4, 0.5) is 4.39 Å².